The fourth-order valence-electron chi connectivity index (χ4n) is 2.75. The minimum absolute atomic E-state index is 0.0187. The molecule has 2 N–H and O–H groups in total. The van der Waals surface area contributed by atoms with Gasteiger partial charge in [0.1, 0.15) is 11.9 Å². The van der Waals surface area contributed by atoms with E-state index in [4.69, 9.17) is 0 Å². The van der Waals surface area contributed by atoms with E-state index in [1.54, 1.807) is 30.3 Å². The molecule has 1 atom stereocenters. The molecule has 0 aromatic heterocycles. The minimum atomic E-state index is -0.744. The standard InChI is InChI=1S/C23H21FN2O2S/c24-19-13-7-8-14-21(19)29-16-22(27)26-20(15-17-9-3-1-4-10-17)23(28)25-18-11-5-2-6-12-18/h1-14,20H,15-16H2,(H,25,28)(H,26,27). The zero-order valence-corrected chi connectivity index (χ0v) is 16.5. The average Bonchev–Trinajstić information content (AvgIpc) is 2.74. The summed E-state index contributed by atoms with van der Waals surface area (Å²) >= 11 is 1.10. The highest BCUT2D eigenvalue weighted by atomic mass is 32.2. The van der Waals surface area contributed by atoms with E-state index in [0.717, 1.165) is 17.3 Å². The number of rotatable bonds is 8. The van der Waals surface area contributed by atoms with Gasteiger partial charge in [-0.25, -0.2) is 4.39 Å². The van der Waals surface area contributed by atoms with Gasteiger partial charge in [0.2, 0.25) is 11.8 Å². The number of para-hydroxylation sites is 1. The van der Waals surface area contributed by atoms with Crippen LogP contribution in [0.4, 0.5) is 10.1 Å². The van der Waals surface area contributed by atoms with Crippen molar-refractivity contribution in [3.63, 3.8) is 0 Å². The first-order valence-corrected chi connectivity index (χ1v) is 10.2. The Bertz CT molecular complexity index is 951. The van der Waals surface area contributed by atoms with Gasteiger partial charge in [0.15, 0.2) is 0 Å². The predicted molar refractivity (Wildman–Crippen MR) is 114 cm³/mol. The summed E-state index contributed by atoms with van der Waals surface area (Å²) in [7, 11) is 0. The van der Waals surface area contributed by atoms with E-state index < -0.39 is 6.04 Å². The van der Waals surface area contributed by atoms with Crippen LogP contribution >= 0.6 is 11.8 Å². The Morgan fingerprint density at radius 1 is 0.862 bits per heavy atom. The summed E-state index contributed by atoms with van der Waals surface area (Å²) in [6, 6.07) is 24.1. The quantitative estimate of drug-likeness (QED) is 0.547. The number of carbonyl (C=O) groups is 2. The molecule has 0 aliphatic rings. The van der Waals surface area contributed by atoms with Crippen molar-refractivity contribution < 1.29 is 14.0 Å². The highest BCUT2D eigenvalue weighted by Gasteiger charge is 2.21. The lowest BCUT2D eigenvalue weighted by Gasteiger charge is -2.19. The lowest BCUT2D eigenvalue weighted by Crippen LogP contribution is -2.46. The molecule has 29 heavy (non-hydrogen) atoms. The normalized spacial score (nSPS) is 11.5. The Hall–Kier alpha value is -3.12. The summed E-state index contributed by atoms with van der Waals surface area (Å²) in [5.41, 5.74) is 1.59. The topological polar surface area (TPSA) is 58.2 Å². The molecule has 0 fully saturated rings. The molecule has 148 valence electrons. The van der Waals surface area contributed by atoms with Crippen molar-refractivity contribution in [2.24, 2.45) is 0 Å². The molecule has 0 aliphatic carbocycles. The number of thioether (sulfide) groups is 1. The van der Waals surface area contributed by atoms with Crippen LogP contribution in [-0.4, -0.2) is 23.6 Å². The Morgan fingerprint density at radius 2 is 1.48 bits per heavy atom. The summed E-state index contributed by atoms with van der Waals surface area (Å²) in [6.07, 6.45) is 0.357. The lowest BCUT2D eigenvalue weighted by atomic mass is 10.1. The molecule has 3 rings (SSSR count). The second kappa shape index (κ2) is 10.4. The molecule has 0 saturated carbocycles. The van der Waals surface area contributed by atoms with E-state index in [1.807, 2.05) is 48.5 Å². The van der Waals surface area contributed by atoms with Crippen LogP contribution in [0.2, 0.25) is 0 Å². The van der Waals surface area contributed by atoms with E-state index >= 15 is 0 Å². The van der Waals surface area contributed by atoms with Crippen LogP contribution in [0.3, 0.4) is 0 Å². The molecule has 6 heteroatoms. The fourth-order valence-corrected chi connectivity index (χ4v) is 3.50. The van der Waals surface area contributed by atoms with Crippen molar-refractivity contribution in [1.82, 2.24) is 5.32 Å². The number of hydrogen-bond acceptors (Lipinski definition) is 3. The van der Waals surface area contributed by atoms with Crippen LogP contribution in [0.15, 0.2) is 89.8 Å². The van der Waals surface area contributed by atoms with Crippen molar-refractivity contribution in [2.75, 3.05) is 11.1 Å². The van der Waals surface area contributed by atoms with Crippen LogP contribution in [0.25, 0.3) is 0 Å². The number of halogens is 1. The van der Waals surface area contributed by atoms with Crippen molar-refractivity contribution >= 4 is 29.3 Å². The molecule has 3 aromatic rings. The summed E-state index contributed by atoms with van der Waals surface area (Å²) in [5, 5.41) is 5.61. The third kappa shape index (κ3) is 6.47. The van der Waals surface area contributed by atoms with Gasteiger partial charge in [0, 0.05) is 17.0 Å². The summed E-state index contributed by atoms with van der Waals surface area (Å²) in [4.78, 5) is 25.6. The zero-order chi connectivity index (χ0) is 20.5. The van der Waals surface area contributed by atoms with E-state index in [2.05, 4.69) is 10.6 Å². The molecule has 0 bridgehead atoms. The summed E-state index contributed by atoms with van der Waals surface area (Å²) < 4.78 is 13.7. The van der Waals surface area contributed by atoms with E-state index in [1.165, 1.54) is 6.07 Å². The van der Waals surface area contributed by atoms with Crippen molar-refractivity contribution in [2.45, 2.75) is 17.4 Å². The van der Waals surface area contributed by atoms with Gasteiger partial charge < -0.3 is 10.6 Å². The van der Waals surface area contributed by atoms with E-state index in [9.17, 15) is 14.0 Å². The SMILES string of the molecule is O=C(CSc1ccccc1F)NC(Cc1ccccc1)C(=O)Nc1ccccc1. The van der Waals surface area contributed by atoms with Gasteiger partial charge in [-0.3, -0.25) is 9.59 Å². The second-order valence-electron chi connectivity index (χ2n) is 6.38. The molecule has 0 aliphatic heterocycles. The highest BCUT2D eigenvalue weighted by Crippen LogP contribution is 2.20. The number of hydrogen-bond donors (Lipinski definition) is 2. The number of benzene rings is 3. The van der Waals surface area contributed by atoms with E-state index in [0.29, 0.717) is 17.0 Å². The Labute approximate surface area is 173 Å². The third-order valence-electron chi connectivity index (χ3n) is 4.17. The number of carbonyl (C=O) groups excluding carboxylic acids is 2. The molecule has 4 nitrogen and oxygen atoms in total. The first kappa shape index (κ1) is 20.6. The van der Waals surface area contributed by atoms with Gasteiger partial charge in [-0.15, -0.1) is 11.8 Å². The molecule has 0 spiro atoms. The Kier molecular flexibility index (Phi) is 7.41. The maximum Gasteiger partial charge on any atom is 0.247 e. The largest absolute Gasteiger partial charge is 0.343 e. The molecule has 0 radical (unpaired) electrons. The smallest absolute Gasteiger partial charge is 0.247 e. The molecule has 3 aromatic carbocycles. The molecule has 0 heterocycles. The number of nitrogens with one attached hydrogen (secondary N) is 2. The minimum Gasteiger partial charge on any atom is -0.343 e. The molecule has 1 unspecified atom stereocenters. The maximum absolute atomic E-state index is 13.7. The average molecular weight is 408 g/mol. The van der Waals surface area contributed by atoms with Gasteiger partial charge in [-0.2, -0.15) is 0 Å². The van der Waals surface area contributed by atoms with Crippen molar-refractivity contribution in [3.8, 4) is 0 Å². The number of anilines is 1. The third-order valence-corrected chi connectivity index (χ3v) is 5.22. The Balaban J connectivity index is 1.66. The van der Waals surface area contributed by atoms with Crippen LogP contribution in [0, 0.1) is 5.82 Å². The van der Waals surface area contributed by atoms with Crippen LogP contribution < -0.4 is 10.6 Å². The van der Waals surface area contributed by atoms with Crippen molar-refractivity contribution in [1.29, 1.82) is 0 Å². The van der Waals surface area contributed by atoms with Gasteiger partial charge >= 0.3 is 0 Å². The summed E-state index contributed by atoms with van der Waals surface area (Å²) in [5.74, 6) is -0.982. The van der Waals surface area contributed by atoms with E-state index in [-0.39, 0.29) is 23.4 Å². The predicted octanol–water partition coefficient (Wildman–Crippen LogP) is 4.28. The van der Waals surface area contributed by atoms with Crippen molar-refractivity contribution in [3.05, 3.63) is 96.3 Å². The van der Waals surface area contributed by atoms with Gasteiger partial charge in [0.05, 0.1) is 5.75 Å². The zero-order valence-electron chi connectivity index (χ0n) is 15.7. The first-order valence-electron chi connectivity index (χ1n) is 9.18. The summed E-state index contributed by atoms with van der Waals surface area (Å²) in [6.45, 7) is 0. The van der Waals surface area contributed by atoms with Crippen LogP contribution in [0.5, 0.6) is 0 Å². The maximum atomic E-state index is 13.7. The molecule has 2 amide bonds. The Morgan fingerprint density at radius 3 is 2.17 bits per heavy atom. The van der Waals surface area contributed by atoms with Gasteiger partial charge in [0.25, 0.3) is 0 Å². The monoisotopic (exact) mass is 408 g/mol. The lowest BCUT2D eigenvalue weighted by molar-refractivity contribution is -0.124. The molecule has 0 saturated heterocycles. The van der Waals surface area contributed by atoms with Gasteiger partial charge in [-0.05, 0) is 29.8 Å². The fraction of sp³-hybridized carbons (Fsp3) is 0.130. The first-order chi connectivity index (χ1) is 14.1. The second-order valence-corrected chi connectivity index (χ2v) is 7.40. The molecular weight excluding hydrogens is 387 g/mol. The van der Waals surface area contributed by atoms with Crippen LogP contribution in [0.1, 0.15) is 5.56 Å². The van der Waals surface area contributed by atoms with Crippen LogP contribution in [-0.2, 0) is 16.0 Å². The van der Waals surface area contributed by atoms with Gasteiger partial charge in [-0.1, -0.05) is 60.7 Å². The molecular formula is C23H21FN2O2S. The highest BCUT2D eigenvalue weighted by molar-refractivity contribution is 8.00. The number of amides is 2.